The van der Waals surface area contributed by atoms with Crippen molar-refractivity contribution in [2.75, 3.05) is 7.11 Å². The average Bonchev–Trinajstić information content (AvgIpc) is 2.36. The zero-order chi connectivity index (χ0) is 14.1. The molecular weight excluding hydrogens is 240 g/mol. The second kappa shape index (κ2) is 8.81. The summed E-state index contributed by atoms with van der Waals surface area (Å²) >= 11 is 0. The van der Waals surface area contributed by atoms with Gasteiger partial charge in [0.2, 0.25) is 0 Å². The first-order valence-electron chi connectivity index (χ1n) is 7.16. The van der Waals surface area contributed by atoms with Gasteiger partial charge < -0.3 is 9.99 Å². The van der Waals surface area contributed by atoms with Crippen molar-refractivity contribution in [3.63, 3.8) is 0 Å². The van der Waals surface area contributed by atoms with Crippen LogP contribution >= 0.6 is 0 Å². The van der Waals surface area contributed by atoms with Crippen molar-refractivity contribution in [3.05, 3.63) is 23.8 Å². The molecule has 0 aromatic heterocycles. The summed E-state index contributed by atoms with van der Waals surface area (Å²) < 4.78 is 0. The summed E-state index contributed by atoms with van der Waals surface area (Å²) in [6.07, 6.45) is 6.93. The minimum atomic E-state index is 0.289. The SMILES string of the molecule is COOc1cccc(O)c1CCCCCCC(C)C. The molecule has 0 aliphatic carbocycles. The van der Waals surface area contributed by atoms with Crippen LogP contribution in [-0.4, -0.2) is 12.2 Å². The maximum absolute atomic E-state index is 9.86. The molecule has 0 spiro atoms. The maximum Gasteiger partial charge on any atom is 0.172 e. The van der Waals surface area contributed by atoms with Gasteiger partial charge in [-0.15, -0.1) is 0 Å². The van der Waals surface area contributed by atoms with E-state index in [0.29, 0.717) is 5.75 Å². The Balaban J connectivity index is 2.36. The largest absolute Gasteiger partial charge is 0.508 e. The third kappa shape index (κ3) is 5.97. The molecule has 1 N–H and O–H groups in total. The molecule has 0 unspecified atom stereocenters. The van der Waals surface area contributed by atoms with Crippen molar-refractivity contribution in [1.82, 2.24) is 0 Å². The van der Waals surface area contributed by atoms with Crippen LogP contribution < -0.4 is 4.89 Å². The number of hydrogen-bond acceptors (Lipinski definition) is 3. The summed E-state index contributed by atoms with van der Waals surface area (Å²) in [6.45, 7) is 4.52. The second-order valence-corrected chi connectivity index (χ2v) is 5.35. The van der Waals surface area contributed by atoms with E-state index < -0.39 is 0 Å². The van der Waals surface area contributed by atoms with Gasteiger partial charge in [0.15, 0.2) is 5.75 Å². The Hall–Kier alpha value is -1.22. The third-order valence-electron chi connectivity index (χ3n) is 3.24. The van der Waals surface area contributed by atoms with E-state index in [9.17, 15) is 5.11 Å². The van der Waals surface area contributed by atoms with Gasteiger partial charge in [0.25, 0.3) is 0 Å². The molecule has 0 aliphatic rings. The summed E-state index contributed by atoms with van der Waals surface area (Å²) in [5, 5.41) is 9.86. The van der Waals surface area contributed by atoms with Crippen LogP contribution in [0.4, 0.5) is 0 Å². The van der Waals surface area contributed by atoms with Gasteiger partial charge in [-0.1, -0.05) is 45.6 Å². The Bertz CT molecular complexity index is 361. The van der Waals surface area contributed by atoms with Crippen LogP contribution in [0, 0.1) is 5.92 Å². The monoisotopic (exact) mass is 266 g/mol. The molecule has 0 atom stereocenters. The van der Waals surface area contributed by atoms with E-state index in [4.69, 9.17) is 4.89 Å². The van der Waals surface area contributed by atoms with Crippen molar-refractivity contribution in [2.24, 2.45) is 5.92 Å². The van der Waals surface area contributed by atoms with E-state index in [1.54, 1.807) is 12.1 Å². The molecule has 1 aromatic rings. The Kier molecular flexibility index (Phi) is 7.34. The van der Waals surface area contributed by atoms with Crippen LogP contribution in [0.3, 0.4) is 0 Å². The molecule has 0 radical (unpaired) electrons. The summed E-state index contributed by atoms with van der Waals surface area (Å²) in [5.41, 5.74) is 0.841. The summed E-state index contributed by atoms with van der Waals surface area (Å²) in [5.74, 6) is 1.70. The van der Waals surface area contributed by atoms with Crippen LogP contribution in [0.15, 0.2) is 18.2 Å². The highest BCUT2D eigenvalue weighted by Crippen LogP contribution is 2.29. The topological polar surface area (TPSA) is 38.7 Å². The van der Waals surface area contributed by atoms with Crippen LogP contribution in [0.5, 0.6) is 11.5 Å². The van der Waals surface area contributed by atoms with Crippen molar-refractivity contribution in [2.45, 2.75) is 52.4 Å². The number of hydrogen-bond donors (Lipinski definition) is 1. The lowest BCUT2D eigenvalue weighted by Crippen LogP contribution is -1.97. The van der Waals surface area contributed by atoms with E-state index in [2.05, 4.69) is 18.7 Å². The average molecular weight is 266 g/mol. The predicted octanol–water partition coefficient (Wildman–Crippen LogP) is 4.48. The minimum absolute atomic E-state index is 0.289. The smallest absolute Gasteiger partial charge is 0.172 e. The molecule has 0 heterocycles. The standard InChI is InChI=1S/C16H26O3/c1-13(2)9-6-4-5-7-10-14-15(17)11-8-12-16(14)19-18-3/h8,11-13,17H,4-7,9-10H2,1-3H3. The maximum atomic E-state index is 9.86. The van der Waals surface area contributed by atoms with Gasteiger partial charge >= 0.3 is 0 Å². The molecule has 3 heteroatoms. The van der Waals surface area contributed by atoms with E-state index in [1.807, 2.05) is 6.07 Å². The van der Waals surface area contributed by atoms with Crippen molar-refractivity contribution in [3.8, 4) is 11.5 Å². The summed E-state index contributed by atoms with van der Waals surface area (Å²) in [4.78, 5) is 9.75. The van der Waals surface area contributed by atoms with Gasteiger partial charge in [-0.05, 0) is 30.9 Å². The van der Waals surface area contributed by atoms with Gasteiger partial charge in [0.1, 0.15) is 5.75 Å². The fraction of sp³-hybridized carbons (Fsp3) is 0.625. The molecule has 0 saturated heterocycles. The molecule has 0 saturated carbocycles. The first kappa shape index (κ1) is 15.8. The third-order valence-corrected chi connectivity index (χ3v) is 3.24. The molecule has 19 heavy (non-hydrogen) atoms. The normalized spacial score (nSPS) is 10.9. The molecule has 0 amide bonds. The van der Waals surface area contributed by atoms with Gasteiger partial charge in [0, 0.05) is 5.56 Å². The fourth-order valence-electron chi connectivity index (χ4n) is 2.18. The highest BCUT2D eigenvalue weighted by atomic mass is 17.2. The van der Waals surface area contributed by atoms with Crippen molar-refractivity contribution in [1.29, 1.82) is 0 Å². The quantitative estimate of drug-likeness (QED) is 0.407. The van der Waals surface area contributed by atoms with E-state index in [0.717, 1.165) is 24.3 Å². The van der Waals surface area contributed by atoms with E-state index in [1.165, 1.54) is 32.8 Å². The molecule has 0 bridgehead atoms. The Labute approximate surface area is 116 Å². The van der Waals surface area contributed by atoms with Gasteiger partial charge in [-0.2, -0.15) is 4.89 Å². The number of benzene rings is 1. The van der Waals surface area contributed by atoms with Crippen molar-refractivity contribution < 1.29 is 14.9 Å². The highest BCUT2D eigenvalue weighted by Gasteiger charge is 2.09. The molecule has 0 fully saturated rings. The number of rotatable bonds is 9. The van der Waals surface area contributed by atoms with Gasteiger partial charge in [-0.3, -0.25) is 0 Å². The predicted molar refractivity (Wildman–Crippen MR) is 77.4 cm³/mol. The first-order valence-corrected chi connectivity index (χ1v) is 7.16. The molecule has 0 aliphatic heterocycles. The lowest BCUT2D eigenvalue weighted by atomic mass is 10.0. The van der Waals surface area contributed by atoms with Crippen LogP contribution in [0.25, 0.3) is 0 Å². The Morgan fingerprint density at radius 2 is 1.84 bits per heavy atom. The molecule has 1 aromatic carbocycles. The molecule has 3 nitrogen and oxygen atoms in total. The zero-order valence-electron chi connectivity index (χ0n) is 12.3. The van der Waals surface area contributed by atoms with E-state index >= 15 is 0 Å². The number of phenols is 1. The van der Waals surface area contributed by atoms with Gasteiger partial charge in [-0.25, -0.2) is 0 Å². The van der Waals surface area contributed by atoms with Gasteiger partial charge in [0.05, 0.1) is 7.11 Å². The molecule has 108 valence electrons. The number of phenolic OH excluding ortho intramolecular Hbond substituents is 1. The summed E-state index contributed by atoms with van der Waals surface area (Å²) in [7, 11) is 1.47. The summed E-state index contributed by atoms with van der Waals surface area (Å²) in [6, 6.07) is 5.27. The van der Waals surface area contributed by atoms with Crippen LogP contribution in [-0.2, 0) is 11.3 Å². The molecule has 1 rings (SSSR count). The first-order chi connectivity index (χ1) is 9.15. The lowest BCUT2D eigenvalue weighted by Gasteiger charge is -2.10. The van der Waals surface area contributed by atoms with E-state index in [-0.39, 0.29) is 5.75 Å². The number of unbranched alkanes of at least 4 members (excludes halogenated alkanes) is 3. The number of aromatic hydroxyl groups is 1. The van der Waals surface area contributed by atoms with Crippen molar-refractivity contribution >= 4 is 0 Å². The van der Waals surface area contributed by atoms with Crippen LogP contribution in [0.2, 0.25) is 0 Å². The van der Waals surface area contributed by atoms with Crippen LogP contribution in [0.1, 0.15) is 51.5 Å². The Morgan fingerprint density at radius 1 is 1.11 bits per heavy atom. The lowest BCUT2D eigenvalue weighted by molar-refractivity contribution is -0.178. The second-order valence-electron chi connectivity index (χ2n) is 5.35. The minimum Gasteiger partial charge on any atom is -0.508 e. The molecular formula is C16H26O3. The highest BCUT2D eigenvalue weighted by molar-refractivity contribution is 5.43. The Morgan fingerprint density at radius 3 is 2.53 bits per heavy atom. The zero-order valence-corrected chi connectivity index (χ0v) is 12.3. The fourth-order valence-corrected chi connectivity index (χ4v) is 2.18.